The molecule has 1 aromatic carbocycles. The maximum Gasteiger partial charge on any atom is 0.309 e. The highest BCUT2D eigenvalue weighted by atomic mass is 16.5. The van der Waals surface area contributed by atoms with Crippen LogP contribution in [0.15, 0.2) is 18.2 Å². The smallest absolute Gasteiger partial charge is 0.309 e. The van der Waals surface area contributed by atoms with Gasteiger partial charge in [0.25, 0.3) is 0 Å². The van der Waals surface area contributed by atoms with Crippen molar-refractivity contribution in [1.29, 1.82) is 0 Å². The highest BCUT2D eigenvalue weighted by Gasteiger charge is 2.42. The zero-order valence-electron chi connectivity index (χ0n) is 13.8. The third-order valence-electron chi connectivity index (χ3n) is 4.23. The van der Waals surface area contributed by atoms with Gasteiger partial charge in [-0.1, -0.05) is 32.9 Å². The van der Waals surface area contributed by atoms with Crippen LogP contribution in [0.25, 0.3) is 0 Å². The zero-order valence-corrected chi connectivity index (χ0v) is 13.8. The largest absolute Gasteiger partial charge is 0.486 e. The molecule has 3 heteroatoms. The van der Waals surface area contributed by atoms with Crippen molar-refractivity contribution < 1.29 is 14.3 Å². The Balaban J connectivity index is 2.29. The van der Waals surface area contributed by atoms with Gasteiger partial charge in [0.15, 0.2) is 0 Å². The van der Waals surface area contributed by atoms with Crippen molar-refractivity contribution in [2.24, 2.45) is 0 Å². The van der Waals surface area contributed by atoms with Crippen molar-refractivity contribution in [3.05, 3.63) is 29.3 Å². The molecular formula is C18H26O3. The molecule has 116 valence electrons. The number of hydrogen-bond donors (Lipinski definition) is 0. The van der Waals surface area contributed by atoms with Gasteiger partial charge in [0.05, 0.1) is 13.5 Å². The number of carbonyl (C=O) groups excluding carboxylic acids is 1. The number of methoxy groups -OCH3 is 1. The summed E-state index contributed by atoms with van der Waals surface area (Å²) in [6.45, 7) is 8.60. The lowest BCUT2D eigenvalue weighted by atomic mass is 9.77. The van der Waals surface area contributed by atoms with E-state index in [0.717, 1.165) is 25.0 Å². The summed E-state index contributed by atoms with van der Waals surface area (Å²) in [4.78, 5) is 11.7. The summed E-state index contributed by atoms with van der Waals surface area (Å²) >= 11 is 0. The topological polar surface area (TPSA) is 35.5 Å². The Bertz CT molecular complexity index is 522. The Labute approximate surface area is 127 Å². The van der Waals surface area contributed by atoms with E-state index in [1.807, 2.05) is 0 Å². The molecule has 0 radical (unpaired) electrons. The zero-order chi connectivity index (χ0) is 15.7. The lowest BCUT2D eigenvalue weighted by Crippen LogP contribution is -2.45. The van der Waals surface area contributed by atoms with E-state index >= 15 is 0 Å². The standard InChI is InChI=1S/C18H26O3/c1-13-7-8-14(17(2,3)4)15(11-13)21-18(9-6-10-18)12-16(19)20-5/h7-8,11H,6,9-10,12H2,1-5H3. The van der Waals surface area contributed by atoms with E-state index < -0.39 is 0 Å². The molecule has 0 amide bonds. The summed E-state index contributed by atoms with van der Waals surface area (Å²) in [7, 11) is 1.43. The van der Waals surface area contributed by atoms with Gasteiger partial charge >= 0.3 is 5.97 Å². The van der Waals surface area contributed by atoms with Crippen molar-refractivity contribution in [3.63, 3.8) is 0 Å². The lowest BCUT2D eigenvalue weighted by molar-refractivity contribution is -0.148. The van der Waals surface area contributed by atoms with Gasteiger partial charge in [-0.3, -0.25) is 4.79 Å². The van der Waals surface area contributed by atoms with Crippen LogP contribution in [0, 0.1) is 6.92 Å². The predicted molar refractivity (Wildman–Crippen MR) is 83.7 cm³/mol. The Hall–Kier alpha value is -1.51. The second-order valence-electron chi connectivity index (χ2n) is 7.14. The number of aryl methyl sites for hydroxylation is 1. The molecule has 0 bridgehead atoms. The van der Waals surface area contributed by atoms with E-state index in [2.05, 4.69) is 45.9 Å². The summed E-state index contributed by atoms with van der Waals surface area (Å²) < 4.78 is 11.2. The molecule has 1 aromatic rings. The molecule has 3 nitrogen and oxygen atoms in total. The molecule has 2 rings (SSSR count). The van der Waals surface area contributed by atoms with Gasteiger partial charge in [-0.15, -0.1) is 0 Å². The van der Waals surface area contributed by atoms with Gasteiger partial charge in [-0.2, -0.15) is 0 Å². The minimum Gasteiger partial charge on any atom is -0.486 e. The van der Waals surface area contributed by atoms with E-state index in [9.17, 15) is 4.79 Å². The number of rotatable bonds is 4. The molecule has 0 heterocycles. The van der Waals surface area contributed by atoms with Crippen molar-refractivity contribution in [2.75, 3.05) is 7.11 Å². The van der Waals surface area contributed by atoms with Crippen LogP contribution in [-0.4, -0.2) is 18.7 Å². The SMILES string of the molecule is COC(=O)CC1(Oc2cc(C)ccc2C(C)(C)C)CCC1. The number of esters is 1. The minimum atomic E-state index is -0.374. The molecule has 0 N–H and O–H groups in total. The van der Waals surface area contributed by atoms with Gasteiger partial charge < -0.3 is 9.47 Å². The van der Waals surface area contributed by atoms with E-state index in [1.165, 1.54) is 18.2 Å². The first-order valence-electron chi connectivity index (χ1n) is 7.63. The molecule has 21 heavy (non-hydrogen) atoms. The quantitative estimate of drug-likeness (QED) is 0.781. The molecule has 0 saturated heterocycles. The van der Waals surface area contributed by atoms with Gasteiger partial charge in [0.2, 0.25) is 0 Å². The van der Waals surface area contributed by atoms with Crippen molar-refractivity contribution in [2.45, 2.75) is 64.4 Å². The molecule has 1 aliphatic rings. The van der Waals surface area contributed by atoms with E-state index in [0.29, 0.717) is 6.42 Å². The normalized spacial score (nSPS) is 17.0. The highest BCUT2D eigenvalue weighted by molar-refractivity contribution is 5.70. The Kier molecular flexibility index (Phi) is 4.31. The van der Waals surface area contributed by atoms with Gasteiger partial charge in [-0.25, -0.2) is 0 Å². The van der Waals surface area contributed by atoms with Crippen LogP contribution < -0.4 is 4.74 Å². The highest BCUT2D eigenvalue weighted by Crippen LogP contribution is 2.42. The molecular weight excluding hydrogens is 264 g/mol. The average molecular weight is 290 g/mol. The molecule has 1 saturated carbocycles. The molecule has 1 fully saturated rings. The summed E-state index contributed by atoms with van der Waals surface area (Å²) in [5.74, 6) is 0.714. The minimum absolute atomic E-state index is 0.0131. The van der Waals surface area contributed by atoms with Gasteiger partial charge in [0, 0.05) is 0 Å². The predicted octanol–water partition coefficient (Wildman–Crippen LogP) is 4.16. The Morgan fingerprint density at radius 2 is 1.95 bits per heavy atom. The lowest BCUT2D eigenvalue weighted by Gasteiger charge is -2.42. The number of hydrogen-bond acceptors (Lipinski definition) is 3. The van der Waals surface area contributed by atoms with Gasteiger partial charge in [0.1, 0.15) is 11.4 Å². The van der Waals surface area contributed by atoms with E-state index in [-0.39, 0.29) is 17.0 Å². The second kappa shape index (κ2) is 5.70. The van der Waals surface area contributed by atoms with E-state index in [1.54, 1.807) is 0 Å². The molecule has 0 aliphatic heterocycles. The Morgan fingerprint density at radius 1 is 1.29 bits per heavy atom. The fourth-order valence-electron chi connectivity index (χ4n) is 2.79. The fourth-order valence-corrected chi connectivity index (χ4v) is 2.79. The molecule has 0 atom stereocenters. The number of carbonyl (C=O) groups is 1. The average Bonchev–Trinajstić information content (AvgIpc) is 2.34. The molecule has 0 unspecified atom stereocenters. The third-order valence-corrected chi connectivity index (χ3v) is 4.23. The maximum absolute atomic E-state index is 11.7. The first-order chi connectivity index (χ1) is 9.76. The fraction of sp³-hybridized carbons (Fsp3) is 0.611. The van der Waals surface area contributed by atoms with Crippen molar-refractivity contribution in [3.8, 4) is 5.75 Å². The van der Waals surface area contributed by atoms with Crippen LogP contribution in [0.3, 0.4) is 0 Å². The maximum atomic E-state index is 11.7. The van der Waals surface area contributed by atoms with Gasteiger partial charge in [-0.05, 0) is 48.8 Å². The van der Waals surface area contributed by atoms with Crippen LogP contribution in [0.1, 0.15) is 57.6 Å². The Morgan fingerprint density at radius 3 is 2.43 bits per heavy atom. The van der Waals surface area contributed by atoms with Crippen LogP contribution >= 0.6 is 0 Å². The summed E-state index contributed by atoms with van der Waals surface area (Å²) in [6, 6.07) is 6.33. The summed E-state index contributed by atoms with van der Waals surface area (Å²) in [5.41, 5.74) is 2.00. The summed E-state index contributed by atoms with van der Waals surface area (Å²) in [6.07, 6.45) is 3.27. The first-order valence-corrected chi connectivity index (χ1v) is 7.63. The molecule has 0 spiro atoms. The third kappa shape index (κ3) is 3.58. The van der Waals surface area contributed by atoms with Crippen molar-refractivity contribution in [1.82, 2.24) is 0 Å². The molecule has 0 aromatic heterocycles. The first kappa shape index (κ1) is 15.9. The number of ether oxygens (including phenoxy) is 2. The van der Waals surface area contributed by atoms with Crippen LogP contribution in [0.4, 0.5) is 0 Å². The van der Waals surface area contributed by atoms with Crippen LogP contribution in [-0.2, 0) is 14.9 Å². The monoisotopic (exact) mass is 290 g/mol. The summed E-state index contributed by atoms with van der Waals surface area (Å²) in [5, 5.41) is 0. The van der Waals surface area contributed by atoms with Crippen molar-refractivity contribution >= 4 is 5.97 Å². The number of benzene rings is 1. The molecule has 1 aliphatic carbocycles. The van der Waals surface area contributed by atoms with E-state index in [4.69, 9.17) is 9.47 Å². The van der Waals surface area contributed by atoms with Crippen LogP contribution in [0.5, 0.6) is 5.75 Å². The van der Waals surface area contributed by atoms with Crippen LogP contribution in [0.2, 0.25) is 0 Å². The second-order valence-corrected chi connectivity index (χ2v) is 7.14.